The van der Waals surface area contributed by atoms with Crippen LogP contribution >= 0.6 is 0 Å². The van der Waals surface area contributed by atoms with Crippen molar-refractivity contribution in [1.29, 1.82) is 0 Å². The molecule has 3 rings (SSSR count). The highest BCUT2D eigenvalue weighted by molar-refractivity contribution is 5.95. The molecule has 3 heterocycles. The molecule has 0 aromatic carbocycles. The van der Waals surface area contributed by atoms with Crippen molar-refractivity contribution in [2.24, 2.45) is 0 Å². The minimum atomic E-state index is -0.0606. The van der Waals surface area contributed by atoms with Gasteiger partial charge >= 0.3 is 0 Å². The van der Waals surface area contributed by atoms with E-state index in [1.165, 1.54) is 6.20 Å². The van der Waals surface area contributed by atoms with Crippen molar-refractivity contribution in [3.05, 3.63) is 41.5 Å². The number of carbonyl (C=O) groups is 1. The summed E-state index contributed by atoms with van der Waals surface area (Å²) in [5.41, 5.74) is 1.43. The van der Waals surface area contributed by atoms with Gasteiger partial charge in [0.1, 0.15) is 23.2 Å². The Kier molecular flexibility index (Phi) is 3.14. The Morgan fingerprint density at radius 2 is 2.25 bits per heavy atom. The zero-order valence-electron chi connectivity index (χ0n) is 11.4. The zero-order chi connectivity index (χ0) is 14.1. The molecule has 20 heavy (non-hydrogen) atoms. The molecule has 1 aliphatic rings. The smallest absolute Gasteiger partial charge is 0.259 e. The van der Waals surface area contributed by atoms with Crippen LogP contribution in [0.3, 0.4) is 0 Å². The van der Waals surface area contributed by atoms with Crippen molar-refractivity contribution < 1.29 is 14.1 Å². The molecule has 0 radical (unpaired) electrons. The average Bonchev–Trinajstić information content (AvgIpc) is 2.79. The Labute approximate surface area is 116 Å². The number of aromatic nitrogens is 2. The van der Waals surface area contributed by atoms with E-state index in [0.29, 0.717) is 24.4 Å². The van der Waals surface area contributed by atoms with Gasteiger partial charge in [-0.2, -0.15) is 0 Å². The van der Waals surface area contributed by atoms with Gasteiger partial charge in [-0.05, 0) is 19.9 Å². The fourth-order valence-electron chi connectivity index (χ4n) is 2.14. The number of hydrogen-bond acceptors (Lipinski definition) is 5. The molecule has 1 saturated heterocycles. The Morgan fingerprint density at radius 3 is 2.90 bits per heavy atom. The van der Waals surface area contributed by atoms with Crippen molar-refractivity contribution in [2.75, 3.05) is 13.1 Å². The molecule has 0 unspecified atom stereocenters. The van der Waals surface area contributed by atoms with Crippen LogP contribution in [0.5, 0.6) is 5.75 Å². The van der Waals surface area contributed by atoms with E-state index in [1.54, 1.807) is 18.0 Å². The number of amides is 1. The van der Waals surface area contributed by atoms with Gasteiger partial charge in [0, 0.05) is 18.0 Å². The average molecular weight is 273 g/mol. The van der Waals surface area contributed by atoms with Crippen LogP contribution in [-0.2, 0) is 0 Å². The van der Waals surface area contributed by atoms with Crippen LogP contribution in [0.25, 0.3) is 0 Å². The topological polar surface area (TPSA) is 68.5 Å². The Bertz CT molecular complexity index is 632. The molecule has 1 aliphatic heterocycles. The van der Waals surface area contributed by atoms with Crippen molar-refractivity contribution in [3.8, 4) is 5.75 Å². The maximum absolute atomic E-state index is 12.1. The SMILES string of the molecule is Cc1cc(OC2CN(C(=O)c3cnoc3C)C2)ccn1. The van der Waals surface area contributed by atoms with Crippen LogP contribution in [0.4, 0.5) is 0 Å². The fraction of sp³-hybridized carbons (Fsp3) is 0.357. The predicted molar refractivity (Wildman–Crippen MR) is 70.5 cm³/mol. The number of pyridine rings is 1. The third kappa shape index (κ3) is 2.36. The van der Waals surface area contributed by atoms with E-state index in [1.807, 2.05) is 19.1 Å². The van der Waals surface area contributed by atoms with Crippen molar-refractivity contribution in [1.82, 2.24) is 15.0 Å². The molecule has 2 aromatic heterocycles. The summed E-state index contributed by atoms with van der Waals surface area (Å²) in [6.07, 6.45) is 3.20. The van der Waals surface area contributed by atoms with Gasteiger partial charge in [0.25, 0.3) is 5.91 Å². The summed E-state index contributed by atoms with van der Waals surface area (Å²) in [4.78, 5) is 18.0. The first kappa shape index (κ1) is 12.7. The van der Waals surface area contributed by atoms with Gasteiger partial charge in [0.05, 0.1) is 19.3 Å². The second kappa shape index (κ2) is 4.96. The van der Waals surface area contributed by atoms with Crippen LogP contribution in [-0.4, -0.2) is 40.1 Å². The maximum atomic E-state index is 12.1. The molecule has 0 atom stereocenters. The summed E-state index contributed by atoms with van der Waals surface area (Å²) in [7, 11) is 0. The monoisotopic (exact) mass is 273 g/mol. The second-order valence-electron chi connectivity index (χ2n) is 4.88. The number of hydrogen-bond donors (Lipinski definition) is 0. The molecule has 6 heteroatoms. The van der Waals surface area contributed by atoms with Crippen LogP contribution in [0.2, 0.25) is 0 Å². The largest absolute Gasteiger partial charge is 0.487 e. The summed E-state index contributed by atoms with van der Waals surface area (Å²) < 4.78 is 10.7. The second-order valence-corrected chi connectivity index (χ2v) is 4.88. The number of likely N-dealkylation sites (tertiary alicyclic amines) is 1. The molecule has 104 valence electrons. The molecule has 1 amide bonds. The van der Waals surface area contributed by atoms with E-state index >= 15 is 0 Å². The van der Waals surface area contributed by atoms with Gasteiger partial charge in [-0.25, -0.2) is 0 Å². The first-order chi connectivity index (χ1) is 9.63. The van der Waals surface area contributed by atoms with Crippen LogP contribution in [0.1, 0.15) is 21.8 Å². The van der Waals surface area contributed by atoms with E-state index in [0.717, 1.165) is 11.4 Å². The maximum Gasteiger partial charge on any atom is 0.259 e. The molecular weight excluding hydrogens is 258 g/mol. The van der Waals surface area contributed by atoms with E-state index in [2.05, 4.69) is 10.1 Å². The molecule has 0 saturated carbocycles. The zero-order valence-corrected chi connectivity index (χ0v) is 11.4. The summed E-state index contributed by atoms with van der Waals surface area (Å²) in [5, 5.41) is 3.62. The number of aryl methyl sites for hydroxylation is 2. The van der Waals surface area contributed by atoms with Gasteiger partial charge < -0.3 is 14.2 Å². The Balaban J connectivity index is 1.57. The molecule has 6 nitrogen and oxygen atoms in total. The fourth-order valence-corrected chi connectivity index (χ4v) is 2.14. The highest BCUT2D eigenvalue weighted by Crippen LogP contribution is 2.20. The number of nitrogens with zero attached hydrogens (tertiary/aromatic N) is 3. The first-order valence-electron chi connectivity index (χ1n) is 6.43. The Hall–Kier alpha value is -2.37. The minimum absolute atomic E-state index is 0.0286. The van der Waals surface area contributed by atoms with Crippen molar-refractivity contribution in [2.45, 2.75) is 20.0 Å². The molecule has 0 N–H and O–H groups in total. The molecule has 0 aliphatic carbocycles. The van der Waals surface area contributed by atoms with Gasteiger partial charge in [-0.1, -0.05) is 5.16 Å². The lowest BCUT2D eigenvalue weighted by Crippen LogP contribution is -2.56. The normalized spacial score (nSPS) is 15.0. The highest BCUT2D eigenvalue weighted by Gasteiger charge is 2.34. The lowest BCUT2D eigenvalue weighted by molar-refractivity contribution is 0.0176. The lowest BCUT2D eigenvalue weighted by Gasteiger charge is -2.38. The number of carbonyl (C=O) groups excluding carboxylic acids is 1. The molecule has 0 bridgehead atoms. The third-order valence-electron chi connectivity index (χ3n) is 3.29. The van der Waals surface area contributed by atoms with Crippen molar-refractivity contribution in [3.63, 3.8) is 0 Å². The van der Waals surface area contributed by atoms with E-state index in [4.69, 9.17) is 9.26 Å². The van der Waals surface area contributed by atoms with Crippen LogP contribution < -0.4 is 4.74 Å². The summed E-state index contributed by atoms with van der Waals surface area (Å²) in [5.74, 6) is 1.27. The third-order valence-corrected chi connectivity index (χ3v) is 3.29. The van der Waals surface area contributed by atoms with Gasteiger partial charge in [0.15, 0.2) is 0 Å². The Morgan fingerprint density at radius 1 is 1.45 bits per heavy atom. The van der Waals surface area contributed by atoms with E-state index < -0.39 is 0 Å². The molecule has 0 spiro atoms. The number of ether oxygens (including phenoxy) is 1. The quantitative estimate of drug-likeness (QED) is 0.849. The highest BCUT2D eigenvalue weighted by atomic mass is 16.5. The summed E-state index contributed by atoms with van der Waals surface area (Å²) in [6, 6.07) is 3.70. The molecule has 2 aromatic rings. The van der Waals surface area contributed by atoms with Crippen molar-refractivity contribution >= 4 is 5.91 Å². The lowest BCUT2D eigenvalue weighted by atomic mass is 10.1. The van der Waals surface area contributed by atoms with Crippen LogP contribution in [0.15, 0.2) is 29.0 Å². The van der Waals surface area contributed by atoms with Crippen LogP contribution in [0, 0.1) is 13.8 Å². The van der Waals surface area contributed by atoms with E-state index in [9.17, 15) is 4.79 Å². The van der Waals surface area contributed by atoms with Gasteiger partial charge in [-0.15, -0.1) is 0 Å². The van der Waals surface area contributed by atoms with E-state index in [-0.39, 0.29) is 12.0 Å². The minimum Gasteiger partial charge on any atom is -0.487 e. The standard InChI is InChI=1S/C14H15N3O3/c1-9-5-11(3-4-15-9)19-12-7-17(8-12)14(18)13-6-16-20-10(13)2/h3-6,12H,7-8H2,1-2H3. The van der Waals surface area contributed by atoms with Gasteiger partial charge in [0.2, 0.25) is 0 Å². The first-order valence-corrected chi connectivity index (χ1v) is 6.43. The summed E-state index contributed by atoms with van der Waals surface area (Å²) in [6.45, 7) is 4.79. The summed E-state index contributed by atoms with van der Waals surface area (Å²) >= 11 is 0. The molecular formula is C14H15N3O3. The van der Waals surface area contributed by atoms with Gasteiger partial charge in [-0.3, -0.25) is 9.78 Å². The predicted octanol–water partition coefficient (Wildman–Crippen LogP) is 1.59. The number of rotatable bonds is 3. The molecule has 1 fully saturated rings.